The van der Waals surface area contributed by atoms with Crippen molar-refractivity contribution in [2.45, 2.75) is 6.18 Å². The van der Waals surface area contributed by atoms with E-state index in [0.717, 1.165) is 6.20 Å². The van der Waals surface area contributed by atoms with Crippen molar-refractivity contribution >= 4 is 26.8 Å². The van der Waals surface area contributed by atoms with Gasteiger partial charge in [-0.3, -0.25) is 9.78 Å². The Bertz CT molecular complexity index is 607. The van der Waals surface area contributed by atoms with Crippen LogP contribution in [0.2, 0.25) is 0 Å². The lowest BCUT2D eigenvalue weighted by Crippen LogP contribution is -2.19. The van der Waals surface area contributed by atoms with Gasteiger partial charge in [-0.2, -0.15) is 13.2 Å². The molecule has 0 saturated carbocycles. The molecule has 2 aromatic heterocycles. The second kappa shape index (κ2) is 3.55. The predicted octanol–water partition coefficient (Wildman–Crippen LogP) is 2.10. The topological polar surface area (TPSA) is 58.6 Å². The van der Waals surface area contributed by atoms with E-state index in [1.807, 2.05) is 0 Å². The van der Waals surface area contributed by atoms with Crippen LogP contribution in [0.4, 0.5) is 13.2 Å². The number of hydrogen-bond acceptors (Lipinski definition) is 3. The molecule has 16 heavy (non-hydrogen) atoms. The Morgan fingerprint density at radius 3 is 2.62 bits per heavy atom. The molecule has 0 unspecified atom stereocenters. The number of pyridine rings is 1. The molecule has 0 spiro atoms. The van der Waals surface area contributed by atoms with Crippen molar-refractivity contribution in [2.75, 3.05) is 0 Å². The van der Waals surface area contributed by atoms with Gasteiger partial charge < -0.3 is 4.98 Å². The van der Waals surface area contributed by atoms with Crippen LogP contribution in [0.3, 0.4) is 0 Å². The first kappa shape index (κ1) is 11.1. The minimum atomic E-state index is -4.68. The molecule has 84 valence electrons. The van der Waals surface area contributed by atoms with E-state index < -0.39 is 17.6 Å². The van der Waals surface area contributed by atoms with Crippen LogP contribution in [0.25, 0.3) is 10.9 Å². The maximum Gasteiger partial charge on any atom is 0.449 e. The fourth-order valence-electron chi connectivity index (χ4n) is 1.16. The van der Waals surface area contributed by atoms with Crippen molar-refractivity contribution in [3.8, 4) is 0 Å². The van der Waals surface area contributed by atoms with Gasteiger partial charge in [-0.05, 0) is 15.9 Å². The molecular formula is C8H3BrF3N3O. The van der Waals surface area contributed by atoms with Crippen LogP contribution in [-0.4, -0.2) is 15.0 Å². The maximum absolute atomic E-state index is 12.4. The Balaban J connectivity index is 2.86. The van der Waals surface area contributed by atoms with Crippen LogP contribution >= 0.6 is 15.9 Å². The summed E-state index contributed by atoms with van der Waals surface area (Å²) in [6, 6.07) is 0. The molecule has 2 rings (SSSR count). The zero-order valence-electron chi connectivity index (χ0n) is 7.47. The average Bonchev–Trinajstić information content (AvgIpc) is 2.18. The average molecular weight is 294 g/mol. The number of aromatic nitrogens is 3. The van der Waals surface area contributed by atoms with Crippen molar-refractivity contribution in [3.63, 3.8) is 0 Å². The third-order valence-corrected chi connectivity index (χ3v) is 2.42. The number of nitrogens with one attached hydrogen (secondary N) is 1. The smallest absolute Gasteiger partial charge is 0.302 e. The number of rotatable bonds is 0. The minimum Gasteiger partial charge on any atom is -0.302 e. The molecule has 0 aliphatic carbocycles. The molecular weight excluding hydrogens is 291 g/mol. The van der Waals surface area contributed by atoms with Crippen LogP contribution in [0, 0.1) is 0 Å². The Hall–Kier alpha value is -1.44. The molecule has 0 atom stereocenters. The van der Waals surface area contributed by atoms with E-state index >= 15 is 0 Å². The lowest BCUT2D eigenvalue weighted by atomic mass is 10.3. The maximum atomic E-state index is 12.4. The highest BCUT2D eigenvalue weighted by Gasteiger charge is 2.34. The van der Waals surface area contributed by atoms with Gasteiger partial charge >= 0.3 is 6.18 Å². The number of alkyl halides is 3. The third kappa shape index (κ3) is 1.80. The quantitative estimate of drug-likeness (QED) is 0.809. The lowest BCUT2D eigenvalue weighted by molar-refractivity contribution is -0.144. The van der Waals surface area contributed by atoms with Gasteiger partial charge in [0.1, 0.15) is 0 Å². The van der Waals surface area contributed by atoms with E-state index in [4.69, 9.17) is 0 Å². The standard InChI is InChI=1S/C8H3BrF3N3O/c9-4-2-13-1-3-5(4)14-7(8(10,11)12)15-6(3)16/h1-2H,(H,14,15,16). The van der Waals surface area contributed by atoms with E-state index in [0.29, 0.717) is 0 Å². The molecule has 0 bridgehead atoms. The number of fused-ring (bicyclic) bond motifs is 1. The van der Waals surface area contributed by atoms with Crippen molar-refractivity contribution in [3.05, 3.63) is 33.0 Å². The minimum absolute atomic E-state index is 0.00220. The zero-order chi connectivity index (χ0) is 11.9. The molecule has 0 aliphatic heterocycles. The Morgan fingerprint density at radius 1 is 1.31 bits per heavy atom. The first-order chi connectivity index (χ1) is 7.39. The van der Waals surface area contributed by atoms with Gasteiger partial charge in [-0.1, -0.05) is 0 Å². The zero-order valence-corrected chi connectivity index (χ0v) is 9.06. The summed E-state index contributed by atoms with van der Waals surface area (Å²) in [6.45, 7) is 0. The molecule has 0 fully saturated rings. The van der Waals surface area contributed by atoms with E-state index in [9.17, 15) is 18.0 Å². The normalized spacial score (nSPS) is 12.0. The number of H-pyrrole nitrogens is 1. The van der Waals surface area contributed by atoms with E-state index in [1.165, 1.54) is 6.20 Å². The van der Waals surface area contributed by atoms with Crippen molar-refractivity contribution in [1.82, 2.24) is 15.0 Å². The monoisotopic (exact) mass is 293 g/mol. The molecule has 0 aromatic carbocycles. The molecule has 1 N–H and O–H groups in total. The van der Waals surface area contributed by atoms with Crippen LogP contribution in [0.5, 0.6) is 0 Å². The highest BCUT2D eigenvalue weighted by Crippen LogP contribution is 2.27. The summed E-state index contributed by atoms with van der Waals surface area (Å²) >= 11 is 2.99. The molecule has 0 saturated heterocycles. The fraction of sp³-hybridized carbons (Fsp3) is 0.125. The Kier molecular flexibility index (Phi) is 2.45. The van der Waals surface area contributed by atoms with Crippen molar-refractivity contribution in [2.24, 2.45) is 0 Å². The van der Waals surface area contributed by atoms with Crippen LogP contribution in [0.15, 0.2) is 21.7 Å². The van der Waals surface area contributed by atoms with E-state index in [-0.39, 0.29) is 15.4 Å². The summed E-state index contributed by atoms with van der Waals surface area (Å²) in [5, 5.41) is 0.00220. The first-order valence-corrected chi connectivity index (χ1v) is 4.79. The largest absolute Gasteiger partial charge is 0.449 e. The summed E-state index contributed by atoms with van der Waals surface area (Å²) in [6.07, 6.45) is -2.25. The van der Waals surface area contributed by atoms with Crippen LogP contribution < -0.4 is 5.56 Å². The Labute approximate surface area is 94.7 Å². The summed E-state index contributed by atoms with van der Waals surface area (Å²) in [5.41, 5.74) is -0.933. The summed E-state index contributed by atoms with van der Waals surface area (Å²) < 4.78 is 37.3. The fourth-order valence-corrected chi connectivity index (χ4v) is 1.58. The second-order valence-corrected chi connectivity index (χ2v) is 3.78. The predicted molar refractivity (Wildman–Crippen MR) is 52.9 cm³/mol. The summed E-state index contributed by atoms with van der Waals surface area (Å²) in [5.74, 6) is -1.32. The summed E-state index contributed by atoms with van der Waals surface area (Å²) in [4.78, 5) is 20.0. The number of halogens is 4. The molecule has 0 radical (unpaired) electrons. The molecule has 0 amide bonds. The lowest BCUT2D eigenvalue weighted by Gasteiger charge is -2.06. The summed E-state index contributed by atoms with van der Waals surface area (Å²) in [7, 11) is 0. The third-order valence-electron chi connectivity index (χ3n) is 1.84. The van der Waals surface area contributed by atoms with Crippen molar-refractivity contribution in [1.29, 1.82) is 0 Å². The van der Waals surface area contributed by atoms with Gasteiger partial charge in [0.25, 0.3) is 5.56 Å². The second-order valence-electron chi connectivity index (χ2n) is 2.93. The first-order valence-electron chi connectivity index (χ1n) is 4.00. The van der Waals surface area contributed by atoms with Crippen LogP contribution in [-0.2, 0) is 6.18 Å². The van der Waals surface area contributed by atoms with Gasteiger partial charge in [-0.15, -0.1) is 0 Å². The van der Waals surface area contributed by atoms with Gasteiger partial charge in [0.2, 0.25) is 5.82 Å². The van der Waals surface area contributed by atoms with Gasteiger partial charge in [-0.25, -0.2) is 4.98 Å². The van der Waals surface area contributed by atoms with Gasteiger partial charge in [0, 0.05) is 12.4 Å². The molecule has 0 aliphatic rings. The number of nitrogens with zero attached hydrogens (tertiary/aromatic N) is 2. The van der Waals surface area contributed by atoms with Gasteiger partial charge in [0.05, 0.1) is 15.4 Å². The molecule has 2 aromatic rings. The SMILES string of the molecule is O=c1[nH]c(C(F)(F)F)nc2c(Br)cncc12. The number of aromatic amines is 1. The molecule has 4 nitrogen and oxygen atoms in total. The molecule has 2 heterocycles. The molecule has 8 heteroatoms. The van der Waals surface area contributed by atoms with Crippen LogP contribution in [0.1, 0.15) is 5.82 Å². The highest BCUT2D eigenvalue weighted by atomic mass is 79.9. The number of hydrogen-bond donors (Lipinski definition) is 1. The Morgan fingerprint density at radius 2 is 2.00 bits per heavy atom. The van der Waals surface area contributed by atoms with Crippen molar-refractivity contribution < 1.29 is 13.2 Å². The van der Waals surface area contributed by atoms with Gasteiger partial charge in [0.15, 0.2) is 0 Å². The highest BCUT2D eigenvalue weighted by molar-refractivity contribution is 9.10. The van der Waals surface area contributed by atoms with E-state index in [1.54, 1.807) is 4.98 Å². The van der Waals surface area contributed by atoms with E-state index in [2.05, 4.69) is 25.9 Å².